The molecule has 1 heterocycles. The molecule has 0 aliphatic heterocycles. The van der Waals surface area contributed by atoms with Crippen molar-refractivity contribution >= 4 is 5.76 Å². The molecule has 1 aromatic heterocycles. The monoisotopic (exact) mass is 333 g/mol. The van der Waals surface area contributed by atoms with E-state index in [1.807, 2.05) is 24.3 Å². The summed E-state index contributed by atoms with van der Waals surface area (Å²) >= 11 is 0. The van der Waals surface area contributed by atoms with Crippen molar-refractivity contribution in [2.45, 2.75) is 20.3 Å². The summed E-state index contributed by atoms with van der Waals surface area (Å²) in [5, 5.41) is 4.02. The third-order valence-corrected chi connectivity index (χ3v) is 3.63. The SMILES string of the molecule is C=COC(=C)c1ccc(CC)cc1.Cc1ccc(-n2cncn2)cc1. The number of aryl methyl sites for hydroxylation is 2. The Morgan fingerprint density at radius 1 is 1.12 bits per heavy atom. The van der Waals surface area contributed by atoms with Crippen molar-refractivity contribution in [1.29, 1.82) is 0 Å². The van der Waals surface area contributed by atoms with Gasteiger partial charge in [-0.05, 0) is 31.0 Å². The molecular weight excluding hydrogens is 310 g/mol. The van der Waals surface area contributed by atoms with Gasteiger partial charge in [0.05, 0.1) is 11.9 Å². The zero-order chi connectivity index (χ0) is 18.1. The van der Waals surface area contributed by atoms with E-state index in [-0.39, 0.29) is 0 Å². The van der Waals surface area contributed by atoms with Gasteiger partial charge in [0.1, 0.15) is 18.4 Å². The third-order valence-electron chi connectivity index (χ3n) is 3.63. The summed E-state index contributed by atoms with van der Waals surface area (Å²) in [6.07, 6.45) is 5.65. The standard InChI is InChI=1S/C12H14O.C9H9N3/c1-4-11-6-8-12(9-7-11)10(3)13-5-2;1-8-2-4-9(5-3-8)12-7-10-6-11-12/h5-9H,2-4H2,1H3;2-7H,1H3. The van der Waals surface area contributed by atoms with Gasteiger partial charge in [-0.25, -0.2) is 9.67 Å². The van der Waals surface area contributed by atoms with Crippen LogP contribution in [0.5, 0.6) is 0 Å². The molecule has 128 valence electrons. The summed E-state index contributed by atoms with van der Waals surface area (Å²) in [7, 11) is 0. The van der Waals surface area contributed by atoms with Crippen molar-refractivity contribution < 1.29 is 4.74 Å². The van der Waals surface area contributed by atoms with Crippen LogP contribution in [0.3, 0.4) is 0 Å². The average Bonchev–Trinajstić information content (AvgIpc) is 3.18. The Morgan fingerprint density at radius 3 is 2.32 bits per heavy atom. The molecule has 0 N–H and O–H groups in total. The van der Waals surface area contributed by atoms with E-state index in [9.17, 15) is 0 Å². The van der Waals surface area contributed by atoms with E-state index in [0.717, 1.165) is 17.7 Å². The molecule has 0 amide bonds. The Morgan fingerprint density at radius 2 is 1.80 bits per heavy atom. The fourth-order valence-corrected chi connectivity index (χ4v) is 2.13. The van der Waals surface area contributed by atoms with Crippen LogP contribution in [-0.4, -0.2) is 14.8 Å². The topological polar surface area (TPSA) is 39.9 Å². The Labute approximate surface area is 149 Å². The van der Waals surface area contributed by atoms with Gasteiger partial charge in [0.2, 0.25) is 0 Å². The predicted molar refractivity (Wildman–Crippen MR) is 102 cm³/mol. The van der Waals surface area contributed by atoms with Gasteiger partial charge >= 0.3 is 0 Å². The molecule has 0 fully saturated rings. The fourth-order valence-electron chi connectivity index (χ4n) is 2.13. The highest BCUT2D eigenvalue weighted by molar-refractivity contribution is 5.57. The average molecular weight is 333 g/mol. The molecule has 0 bridgehead atoms. The maximum absolute atomic E-state index is 5.07. The van der Waals surface area contributed by atoms with Crippen LogP contribution in [0.15, 0.2) is 80.6 Å². The first-order valence-electron chi connectivity index (χ1n) is 8.11. The molecule has 0 radical (unpaired) electrons. The summed E-state index contributed by atoms with van der Waals surface area (Å²) in [6.45, 7) is 11.4. The number of ether oxygens (including phenoxy) is 1. The van der Waals surface area contributed by atoms with Crippen LogP contribution < -0.4 is 0 Å². The van der Waals surface area contributed by atoms with E-state index in [2.05, 4.69) is 61.4 Å². The first-order valence-corrected chi connectivity index (χ1v) is 8.11. The maximum Gasteiger partial charge on any atom is 0.138 e. The second kappa shape index (κ2) is 9.23. The normalized spacial score (nSPS) is 9.68. The summed E-state index contributed by atoms with van der Waals surface area (Å²) in [4.78, 5) is 3.87. The minimum absolute atomic E-state index is 0.637. The van der Waals surface area contributed by atoms with Gasteiger partial charge in [-0.1, -0.05) is 62.0 Å². The highest BCUT2D eigenvalue weighted by Gasteiger charge is 1.97. The van der Waals surface area contributed by atoms with Crippen molar-refractivity contribution in [3.63, 3.8) is 0 Å². The van der Waals surface area contributed by atoms with Crippen molar-refractivity contribution in [2.75, 3.05) is 0 Å². The largest absolute Gasteiger partial charge is 0.466 e. The second-order valence-corrected chi connectivity index (χ2v) is 5.43. The van der Waals surface area contributed by atoms with Gasteiger partial charge in [0.15, 0.2) is 0 Å². The molecule has 2 aromatic carbocycles. The molecular formula is C21H23N3O. The van der Waals surface area contributed by atoms with Crippen LogP contribution in [0, 0.1) is 6.92 Å². The summed E-state index contributed by atoms with van der Waals surface area (Å²) in [5.41, 5.74) is 4.60. The number of nitrogens with zero attached hydrogens (tertiary/aromatic N) is 3. The van der Waals surface area contributed by atoms with Gasteiger partial charge in [0, 0.05) is 5.56 Å². The van der Waals surface area contributed by atoms with Crippen LogP contribution in [-0.2, 0) is 11.2 Å². The smallest absolute Gasteiger partial charge is 0.138 e. The number of hydrogen-bond acceptors (Lipinski definition) is 3. The number of hydrogen-bond donors (Lipinski definition) is 0. The molecule has 0 aliphatic carbocycles. The predicted octanol–water partition coefficient (Wildman–Crippen LogP) is 4.96. The van der Waals surface area contributed by atoms with Gasteiger partial charge in [-0.3, -0.25) is 0 Å². The summed E-state index contributed by atoms with van der Waals surface area (Å²) in [5.74, 6) is 0.637. The van der Waals surface area contributed by atoms with E-state index in [1.165, 1.54) is 23.7 Å². The molecule has 0 saturated carbocycles. The second-order valence-electron chi connectivity index (χ2n) is 5.43. The van der Waals surface area contributed by atoms with Crippen molar-refractivity contribution in [2.24, 2.45) is 0 Å². The molecule has 4 nitrogen and oxygen atoms in total. The van der Waals surface area contributed by atoms with Crippen LogP contribution in [0.2, 0.25) is 0 Å². The molecule has 3 rings (SSSR count). The number of benzene rings is 2. The molecule has 25 heavy (non-hydrogen) atoms. The highest BCUT2D eigenvalue weighted by Crippen LogP contribution is 2.14. The van der Waals surface area contributed by atoms with Crippen LogP contribution in [0.25, 0.3) is 11.4 Å². The van der Waals surface area contributed by atoms with E-state index >= 15 is 0 Å². The van der Waals surface area contributed by atoms with Crippen molar-refractivity contribution in [1.82, 2.24) is 14.8 Å². The maximum atomic E-state index is 5.07. The first kappa shape index (κ1) is 18.2. The Hall–Kier alpha value is -3.14. The van der Waals surface area contributed by atoms with Crippen LogP contribution >= 0.6 is 0 Å². The molecule has 4 heteroatoms. The first-order chi connectivity index (χ1) is 12.1. The van der Waals surface area contributed by atoms with E-state index in [0.29, 0.717) is 5.76 Å². The lowest BCUT2D eigenvalue weighted by atomic mass is 10.1. The molecule has 0 atom stereocenters. The lowest BCUT2D eigenvalue weighted by Gasteiger charge is -2.04. The Bertz CT molecular complexity index is 788. The number of aromatic nitrogens is 3. The van der Waals surface area contributed by atoms with Gasteiger partial charge in [-0.2, -0.15) is 5.10 Å². The lowest BCUT2D eigenvalue weighted by molar-refractivity contribution is 0.440. The summed E-state index contributed by atoms with van der Waals surface area (Å²) < 4.78 is 6.81. The van der Waals surface area contributed by atoms with Crippen LogP contribution in [0.1, 0.15) is 23.6 Å². The Balaban J connectivity index is 0.000000181. The van der Waals surface area contributed by atoms with E-state index < -0.39 is 0 Å². The number of rotatable bonds is 5. The zero-order valence-electron chi connectivity index (χ0n) is 14.7. The van der Waals surface area contributed by atoms with Gasteiger partial charge < -0.3 is 4.74 Å². The van der Waals surface area contributed by atoms with Crippen molar-refractivity contribution in [3.05, 3.63) is 97.3 Å². The highest BCUT2D eigenvalue weighted by atomic mass is 16.5. The van der Waals surface area contributed by atoms with Gasteiger partial charge in [-0.15, -0.1) is 0 Å². The molecule has 0 saturated heterocycles. The van der Waals surface area contributed by atoms with Gasteiger partial charge in [0.25, 0.3) is 0 Å². The zero-order valence-corrected chi connectivity index (χ0v) is 14.7. The Kier molecular flexibility index (Phi) is 6.72. The molecule has 0 aliphatic rings. The molecule has 3 aromatic rings. The quantitative estimate of drug-likeness (QED) is 0.620. The fraction of sp³-hybridized carbons (Fsp3) is 0.143. The third kappa shape index (κ3) is 5.46. The van der Waals surface area contributed by atoms with Crippen LogP contribution in [0.4, 0.5) is 0 Å². The molecule has 0 spiro atoms. The minimum atomic E-state index is 0.637. The lowest BCUT2D eigenvalue weighted by Crippen LogP contribution is -1.93. The minimum Gasteiger partial charge on any atom is -0.466 e. The molecule has 0 unspecified atom stereocenters. The van der Waals surface area contributed by atoms with E-state index in [1.54, 1.807) is 11.0 Å². The summed E-state index contributed by atoms with van der Waals surface area (Å²) in [6, 6.07) is 16.3. The van der Waals surface area contributed by atoms with E-state index in [4.69, 9.17) is 4.74 Å². The van der Waals surface area contributed by atoms with Crippen molar-refractivity contribution in [3.8, 4) is 5.69 Å².